The first-order valence-electron chi connectivity index (χ1n) is 4.44. The summed E-state index contributed by atoms with van der Waals surface area (Å²) in [6.07, 6.45) is 0.626. The lowest BCUT2D eigenvalue weighted by molar-refractivity contribution is 0.631. The lowest BCUT2D eigenvalue weighted by Crippen LogP contribution is -1.97. The summed E-state index contributed by atoms with van der Waals surface area (Å²) in [6.45, 7) is 0. The zero-order valence-corrected chi connectivity index (χ0v) is 9.41. The molecule has 15 heavy (non-hydrogen) atoms. The zero-order chi connectivity index (χ0) is 10.8. The molecule has 0 saturated heterocycles. The van der Waals surface area contributed by atoms with Gasteiger partial charge in [0.1, 0.15) is 5.82 Å². The highest BCUT2D eigenvalue weighted by atomic mass is 35.5. The number of hydrogen-bond donors (Lipinski definition) is 1. The van der Waals surface area contributed by atoms with Gasteiger partial charge in [-0.15, -0.1) is 11.3 Å². The summed E-state index contributed by atoms with van der Waals surface area (Å²) in [5.74, 6) is -0.366. The van der Waals surface area contributed by atoms with Gasteiger partial charge in [-0.3, -0.25) is 0 Å². The molecule has 0 unspecified atom stereocenters. The molecule has 0 amide bonds. The Kier molecular flexibility index (Phi) is 2.93. The summed E-state index contributed by atoms with van der Waals surface area (Å²) in [6, 6.07) is 8.61. The van der Waals surface area contributed by atoms with Crippen molar-refractivity contribution in [2.24, 2.45) is 0 Å². The maximum Gasteiger partial charge on any atom is 0.146 e. The van der Waals surface area contributed by atoms with E-state index in [9.17, 15) is 4.39 Å². The van der Waals surface area contributed by atoms with E-state index in [0.717, 1.165) is 14.8 Å². The van der Waals surface area contributed by atoms with E-state index in [0.29, 0.717) is 6.42 Å². The highest BCUT2D eigenvalue weighted by Gasteiger charge is 2.06. The number of halogens is 2. The predicted octanol–water partition coefficient (Wildman–Crippen LogP) is 3.71. The molecule has 0 aliphatic carbocycles. The normalized spacial score (nSPS) is 10.5. The molecule has 0 aliphatic heterocycles. The molecule has 1 heterocycles. The number of nitrogens with two attached hydrogens (primary N) is 1. The maximum absolute atomic E-state index is 13.1. The van der Waals surface area contributed by atoms with Gasteiger partial charge in [0.25, 0.3) is 0 Å². The van der Waals surface area contributed by atoms with Crippen molar-refractivity contribution in [3.05, 3.63) is 50.9 Å². The second kappa shape index (κ2) is 4.21. The van der Waals surface area contributed by atoms with Gasteiger partial charge in [0.05, 0.1) is 10.0 Å². The largest absolute Gasteiger partial charge is 0.396 e. The molecular weight excluding hydrogens is 233 g/mol. The molecule has 1 nitrogen and oxygen atoms in total. The summed E-state index contributed by atoms with van der Waals surface area (Å²) in [5, 5.41) is 0. The fraction of sp³-hybridized carbons (Fsp3) is 0.0909. The van der Waals surface area contributed by atoms with Crippen molar-refractivity contribution < 1.29 is 4.39 Å². The second-order valence-electron chi connectivity index (χ2n) is 3.20. The number of benzene rings is 1. The first-order valence-corrected chi connectivity index (χ1v) is 5.63. The molecule has 78 valence electrons. The van der Waals surface area contributed by atoms with E-state index in [2.05, 4.69) is 0 Å². The lowest BCUT2D eigenvalue weighted by atomic mass is 10.1. The molecule has 0 bridgehead atoms. The van der Waals surface area contributed by atoms with Crippen molar-refractivity contribution in [1.29, 1.82) is 0 Å². The first kappa shape index (κ1) is 10.5. The minimum Gasteiger partial charge on any atom is -0.396 e. The minimum atomic E-state index is -0.366. The quantitative estimate of drug-likeness (QED) is 0.797. The zero-order valence-electron chi connectivity index (χ0n) is 7.84. The molecule has 0 fully saturated rings. The Balaban J connectivity index is 2.28. The van der Waals surface area contributed by atoms with Gasteiger partial charge in [0.15, 0.2) is 0 Å². The van der Waals surface area contributed by atoms with Crippen LogP contribution in [0.25, 0.3) is 0 Å². The van der Waals surface area contributed by atoms with Gasteiger partial charge in [0.2, 0.25) is 0 Å². The van der Waals surface area contributed by atoms with Gasteiger partial charge >= 0.3 is 0 Å². The lowest BCUT2D eigenvalue weighted by Gasteiger charge is -2.04. The molecule has 0 saturated carbocycles. The van der Waals surface area contributed by atoms with Gasteiger partial charge in [-0.1, -0.05) is 23.7 Å². The van der Waals surface area contributed by atoms with Crippen LogP contribution in [0.3, 0.4) is 0 Å². The molecule has 2 aromatic rings. The number of nitrogen functional groups attached to an aromatic ring is 1. The Morgan fingerprint density at radius 3 is 2.73 bits per heavy atom. The highest BCUT2D eigenvalue weighted by molar-refractivity contribution is 7.16. The molecule has 2 rings (SSSR count). The Hall–Kier alpha value is -1.06. The van der Waals surface area contributed by atoms with Gasteiger partial charge in [0, 0.05) is 11.3 Å². The van der Waals surface area contributed by atoms with E-state index in [1.807, 2.05) is 18.2 Å². The molecule has 1 aromatic heterocycles. The minimum absolute atomic E-state index is 0.224. The topological polar surface area (TPSA) is 26.0 Å². The van der Waals surface area contributed by atoms with Crippen LogP contribution in [0.15, 0.2) is 30.3 Å². The van der Waals surface area contributed by atoms with Crippen LogP contribution in [-0.4, -0.2) is 0 Å². The van der Waals surface area contributed by atoms with Crippen molar-refractivity contribution in [2.45, 2.75) is 6.42 Å². The van der Waals surface area contributed by atoms with Gasteiger partial charge < -0.3 is 5.73 Å². The van der Waals surface area contributed by atoms with E-state index in [1.165, 1.54) is 17.4 Å². The monoisotopic (exact) mass is 241 g/mol. The molecule has 0 spiro atoms. The van der Waals surface area contributed by atoms with Crippen LogP contribution in [0.4, 0.5) is 10.1 Å². The fourth-order valence-corrected chi connectivity index (χ4v) is 2.48. The van der Waals surface area contributed by atoms with Crippen LogP contribution in [0.1, 0.15) is 10.4 Å². The van der Waals surface area contributed by atoms with Crippen LogP contribution < -0.4 is 5.73 Å². The van der Waals surface area contributed by atoms with Gasteiger partial charge in [-0.2, -0.15) is 0 Å². The molecule has 0 aliphatic rings. The average molecular weight is 242 g/mol. The third-order valence-corrected chi connectivity index (χ3v) is 3.37. The third kappa shape index (κ3) is 2.30. The second-order valence-corrected chi connectivity index (χ2v) is 4.99. The number of hydrogen-bond acceptors (Lipinski definition) is 2. The number of anilines is 1. The SMILES string of the molecule is Nc1c(F)cccc1Cc1ccc(Cl)s1. The Labute approximate surface area is 96.3 Å². The van der Waals surface area contributed by atoms with Crippen LogP contribution in [-0.2, 0) is 6.42 Å². The fourth-order valence-electron chi connectivity index (χ4n) is 1.37. The Morgan fingerprint density at radius 1 is 1.27 bits per heavy atom. The summed E-state index contributed by atoms with van der Waals surface area (Å²) in [4.78, 5) is 1.08. The number of para-hydroxylation sites is 1. The van der Waals surface area contributed by atoms with Gasteiger partial charge in [-0.25, -0.2) is 4.39 Å². The van der Waals surface area contributed by atoms with E-state index in [-0.39, 0.29) is 11.5 Å². The molecule has 2 N–H and O–H groups in total. The summed E-state index contributed by atoms with van der Waals surface area (Å²) in [5.41, 5.74) is 6.66. The summed E-state index contributed by atoms with van der Waals surface area (Å²) >= 11 is 7.30. The molecule has 0 radical (unpaired) electrons. The molecule has 0 atom stereocenters. The number of thiophene rings is 1. The van der Waals surface area contributed by atoms with Crippen LogP contribution >= 0.6 is 22.9 Å². The molecule has 1 aromatic carbocycles. The Bertz CT molecular complexity index is 481. The smallest absolute Gasteiger partial charge is 0.146 e. The Morgan fingerprint density at radius 2 is 2.07 bits per heavy atom. The first-order chi connectivity index (χ1) is 7.16. The maximum atomic E-state index is 13.1. The molecule has 4 heteroatoms. The van der Waals surface area contributed by atoms with Crippen LogP contribution in [0.2, 0.25) is 4.34 Å². The van der Waals surface area contributed by atoms with Crippen molar-refractivity contribution in [3.8, 4) is 0 Å². The van der Waals surface area contributed by atoms with Crippen molar-refractivity contribution in [2.75, 3.05) is 5.73 Å². The molecular formula is C11H9ClFNS. The highest BCUT2D eigenvalue weighted by Crippen LogP contribution is 2.26. The van der Waals surface area contributed by atoms with Crippen molar-refractivity contribution in [1.82, 2.24) is 0 Å². The summed E-state index contributed by atoms with van der Waals surface area (Å²) < 4.78 is 13.9. The van der Waals surface area contributed by atoms with Gasteiger partial charge in [-0.05, 0) is 23.8 Å². The van der Waals surface area contributed by atoms with Crippen LogP contribution in [0, 0.1) is 5.82 Å². The van der Waals surface area contributed by atoms with Crippen LogP contribution in [0.5, 0.6) is 0 Å². The van der Waals surface area contributed by atoms with E-state index < -0.39 is 0 Å². The predicted molar refractivity (Wildman–Crippen MR) is 62.9 cm³/mol. The van der Waals surface area contributed by atoms with Crippen molar-refractivity contribution >= 4 is 28.6 Å². The van der Waals surface area contributed by atoms with E-state index in [1.54, 1.807) is 6.07 Å². The average Bonchev–Trinajstić information content (AvgIpc) is 2.59. The van der Waals surface area contributed by atoms with Crippen molar-refractivity contribution in [3.63, 3.8) is 0 Å². The number of rotatable bonds is 2. The third-order valence-electron chi connectivity index (χ3n) is 2.14. The summed E-state index contributed by atoms with van der Waals surface area (Å²) in [7, 11) is 0. The standard InChI is InChI=1S/C11H9ClFNS/c12-10-5-4-8(15-10)6-7-2-1-3-9(13)11(7)14/h1-5H,6,14H2. The van der Waals surface area contributed by atoms with E-state index >= 15 is 0 Å². The van der Waals surface area contributed by atoms with E-state index in [4.69, 9.17) is 17.3 Å².